The van der Waals surface area contributed by atoms with Crippen LogP contribution < -0.4 is 0 Å². The van der Waals surface area contributed by atoms with Crippen molar-refractivity contribution >= 4 is 22.9 Å². The molecule has 0 spiro atoms. The molecular formula is C8H16IN3. The van der Waals surface area contributed by atoms with Crippen molar-refractivity contribution in [3.63, 3.8) is 0 Å². The van der Waals surface area contributed by atoms with Gasteiger partial charge in [-0.25, -0.2) is 3.11 Å². The van der Waals surface area contributed by atoms with E-state index in [4.69, 9.17) is 0 Å². The second kappa shape index (κ2) is 3.77. The summed E-state index contributed by atoms with van der Waals surface area (Å²) in [5.41, 5.74) is 0. The number of nitrogens with zero attached hydrogens (tertiary/aromatic N) is 3. The Balaban J connectivity index is 1.75. The number of likely N-dealkylation sites (N-methyl/N-ethyl adjacent to an activating group) is 1. The lowest BCUT2D eigenvalue weighted by Crippen LogP contribution is -2.59. The highest BCUT2D eigenvalue weighted by atomic mass is 127. The van der Waals surface area contributed by atoms with Crippen LogP contribution in [0.2, 0.25) is 0 Å². The molecule has 2 fully saturated rings. The molecule has 2 aliphatic heterocycles. The van der Waals surface area contributed by atoms with Crippen LogP contribution in [0.1, 0.15) is 0 Å². The Morgan fingerprint density at radius 2 is 1.67 bits per heavy atom. The van der Waals surface area contributed by atoms with Crippen molar-refractivity contribution in [1.29, 1.82) is 0 Å². The molecule has 0 radical (unpaired) electrons. The minimum Gasteiger partial charge on any atom is -0.304 e. The molecule has 2 rings (SSSR count). The monoisotopic (exact) mass is 281 g/mol. The average Bonchev–Trinajstić information content (AvgIpc) is 2.01. The molecule has 0 aliphatic carbocycles. The van der Waals surface area contributed by atoms with Crippen LogP contribution in [0.4, 0.5) is 0 Å². The maximum atomic E-state index is 2.63. The lowest BCUT2D eigenvalue weighted by atomic mass is 10.1. The zero-order valence-corrected chi connectivity index (χ0v) is 9.70. The van der Waals surface area contributed by atoms with Crippen LogP contribution in [0.5, 0.6) is 0 Å². The standard InChI is InChI=1S/C8H16IN3/c1-10-2-4-11(5-3-10)8-6-12(9)7-8/h8H,2-7H2,1H3. The first-order valence-electron chi connectivity index (χ1n) is 4.59. The van der Waals surface area contributed by atoms with Gasteiger partial charge in [-0.2, -0.15) is 0 Å². The Kier molecular flexibility index (Phi) is 2.89. The molecule has 0 aromatic rings. The molecule has 0 bridgehead atoms. The molecule has 12 heavy (non-hydrogen) atoms. The van der Waals surface area contributed by atoms with Crippen LogP contribution in [0.15, 0.2) is 0 Å². The van der Waals surface area contributed by atoms with Crippen molar-refractivity contribution < 1.29 is 0 Å². The van der Waals surface area contributed by atoms with Crippen molar-refractivity contribution in [3.05, 3.63) is 0 Å². The summed E-state index contributed by atoms with van der Waals surface area (Å²) in [4.78, 5) is 5.05. The molecular weight excluding hydrogens is 265 g/mol. The van der Waals surface area contributed by atoms with E-state index in [-0.39, 0.29) is 0 Å². The third kappa shape index (κ3) is 1.92. The zero-order chi connectivity index (χ0) is 8.55. The molecule has 0 amide bonds. The van der Waals surface area contributed by atoms with Gasteiger partial charge in [-0.3, -0.25) is 4.90 Å². The Morgan fingerprint density at radius 3 is 2.17 bits per heavy atom. The van der Waals surface area contributed by atoms with Gasteiger partial charge in [0.15, 0.2) is 0 Å². The number of piperazine rings is 1. The van der Waals surface area contributed by atoms with Gasteiger partial charge in [-0.15, -0.1) is 0 Å². The predicted molar refractivity (Wildman–Crippen MR) is 58.5 cm³/mol. The third-order valence-electron chi connectivity index (χ3n) is 2.87. The molecule has 2 aliphatic rings. The molecule has 0 atom stereocenters. The highest BCUT2D eigenvalue weighted by molar-refractivity contribution is 14.1. The first-order chi connectivity index (χ1) is 5.75. The van der Waals surface area contributed by atoms with E-state index in [1.807, 2.05) is 0 Å². The average molecular weight is 281 g/mol. The van der Waals surface area contributed by atoms with Gasteiger partial charge in [-0.05, 0) is 7.05 Å². The molecule has 2 heterocycles. The van der Waals surface area contributed by atoms with Gasteiger partial charge in [0.05, 0.1) is 0 Å². The van der Waals surface area contributed by atoms with E-state index in [2.05, 4.69) is 42.8 Å². The lowest BCUT2D eigenvalue weighted by Gasteiger charge is -2.45. The molecule has 4 heteroatoms. The lowest BCUT2D eigenvalue weighted by molar-refractivity contribution is 0.0594. The van der Waals surface area contributed by atoms with Crippen molar-refractivity contribution in [2.45, 2.75) is 6.04 Å². The SMILES string of the molecule is CN1CCN(C2CN(I)C2)CC1. The van der Waals surface area contributed by atoms with Gasteiger partial charge in [0.1, 0.15) is 0 Å². The maximum Gasteiger partial charge on any atom is 0.0367 e. The van der Waals surface area contributed by atoms with Crippen LogP contribution in [-0.4, -0.2) is 65.3 Å². The van der Waals surface area contributed by atoms with Crippen LogP contribution in [0.25, 0.3) is 0 Å². The highest BCUT2D eigenvalue weighted by Crippen LogP contribution is 2.19. The Labute approximate surface area is 88.2 Å². The van der Waals surface area contributed by atoms with Crippen molar-refractivity contribution in [2.24, 2.45) is 0 Å². The molecule has 0 aromatic carbocycles. The second-order valence-electron chi connectivity index (χ2n) is 3.82. The summed E-state index contributed by atoms with van der Waals surface area (Å²) in [5.74, 6) is 0. The Morgan fingerprint density at radius 1 is 1.08 bits per heavy atom. The number of hydrogen-bond acceptors (Lipinski definition) is 3. The predicted octanol–water partition coefficient (Wildman–Crippen LogP) is 0.268. The topological polar surface area (TPSA) is 9.72 Å². The quantitative estimate of drug-likeness (QED) is 0.504. The van der Waals surface area contributed by atoms with Crippen LogP contribution >= 0.6 is 22.9 Å². The van der Waals surface area contributed by atoms with E-state index < -0.39 is 0 Å². The zero-order valence-electron chi connectivity index (χ0n) is 7.54. The maximum absolute atomic E-state index is 2.63. The fraction of sp³-hybridized carbons (Fsp3) is 1.00. The first kappa shape index (κ1) is 9.18. The number of rotatable bonds is 1. The van der Waals surface area contributed by atoms with Crippen molar-refractivity contribution in [3.8, 4) is 0 Å². The number of halogens is 1. The van der Waals surface area contributed by atoms with Crippen LogP contribution in [-0.2, 0) is 0 Å². The van der Waals surface area contributed by atoms with Gasteiger partial charge in [-0.1, -0.05) is 0 Å². The van der Waals surface area contributed by atoms with Gasteiger partial charge in [0.2, 0.25) is 0 Å². The molecule has 2 saturated heterocycles. The summed E-state index contributed by atoms with van der Waals surface area (Å²) in [6.07, 6.45) is 0. The Bertz CT molecular complexity index is 150. The van der Waals surface area contributed by atoms with Crippen molar-refractivity contribution in [1.82, 2.24) is 12.9 Å². The van der Waals surface area contributed by atoms with E-state index in [9.17, 15) is 0 Å². The minimum absolute atomic E-state index is 0.857. The number of hydrogen-bond donors (Lipinski definition) is 0. The van der Waals surface area contributed by atoms with Crippen LogP contribution in [0, 0.1) is 0 Å². The summed E-state index contributed by atoms with van der Waals surface area (Å²) in [7, 11) is 2.21. The second-order valence-corrected chi connectivity index (χ2v) is 5.19. The fourth-order valence-electron chi connectivity index (χ4n) is 1.82. The van der Waals surface area contributed by atoms with Gasteiger partial charge in [0.25, 0.3) is 0 Å². The first-order valence-corrected chi connectivity index (χ1v) is 5.55. The summed E-state index contributed by atoms with van der Waals surface area (Å²) < 4.78 is 2.36. The third-order valence-corrected chi connectivity index (χ3v) is 3.66. The van der Waals surface area contributed by atoms with Crippen molar-refractivity contribution in [2.75, 3.05) is 46.3 Å². The van der Waals surface area contributed by atoms with Crippen LogP contribution in [0.3, 0.4) is 0 Å². The molecule has 3 nitrogen and oxygen atoms in total. The normalized spacial score (nSPS) is 30.5. The summed E-state index contributed by atoms with van der Waals surface area (Å²) >= 11 is 2.40. The summed E-state index contributed by atoms with van der Waals surface area (Å²) in [6.45, 7) is 7.57. The molecule has 0 aromatic heterocycles. The summed E-state index contributed by atoms with van der Waals surface area (Å²) in [5, 5.41) is 0. The molecule has 0 unspecified atom stereocenters. The van der Waals surface area contributed by atoms with E-state index >= 15 is 0 Å². The largest absolute Gasteiger partial charge is 0.304 e. The van der Waals surface area contributed by atoms with Gasteiger partial charge in [0, 0.05) is 68.2 Å². The molecule has 0 N–H and O–H groups in total. The van der Waals surface area contributed by atoms with Gasteiger partial charge >= 0.3 is 0 Å². The van der Waals surface area contributed by atoms with Gasteiger partial charge < -0.3 is 4.90 Å². The van der Waals surface area contributed by atoms with E-state index in [0.717, 1.165) is 6.04 Å². The smallest absolute Gasteiger partial charge is 0.0367 e. The fourth-order valence-corrected chi connectivity index (χ4v) is 2.73. The van der Waals surface area contributed by atoms with E-state index in [0.29, 0.717) is 0 Å². The van der Waals surface area contributed by atoms with E-state index in [1.165, 1.54) is 39.3 Å². The Hall–Kier alpha value is 0.610. The molecule has 0 saturated carbocycles. The summed E-state index contributed by atoms with van der Waals surface area (Å²) in [6, 6.07) is 0.857. The molecule has 70 valence electrons. The highest BCUT2D eigenvalue weighted by Gasteiger charge is 2.31. The minimum atomic E-state index is 0.857. The van der Waals surface area contributed by atoms with E-state index in [1.54, 1.807) is 0 Å².